The van der Waals surface area contributed by atoms with Crippen LogP contribution in [0.15, 0.2) is 22.8 Å². The number of cyclic esters (lactones) is 1. The van der Waals surface area contributed by atoms with E-state index < -0.39 is 12.2 Å². The first-order valence-corrected chi connectivity index (χ1v) is 3.94. The number of carbonyl (C=O) groups is 1. The first-order valence-electron chi connectivity index (χ1n) is 3.94. The minimum Gasteiger partial charge on any atom is -0.448 e. The van der Waals surface area contributed by atoms with Gasteiger partial charge in [0.1, 0.15) is 6.10 Å². The van der Waals surface area contributed by atoms with Crippen LogP contribution in [0.2, 0.25) is 0 Å². The number of furan rings is 1. The number of aliphatic hydroxyl groups excluding tert-OH is 1. The highest BCUT2D eigenvalue weighted by atomic mass is 16.6. The average Bonchev–Trinajstić information content (AvgIpc) is 2.72. The third-order valence-electron chi connectivity index (χ3n) is 1.85. The third kappa shape index (κ3) is 1.38. The Kier molecular flexibility index (Phi) is 1.94. The van der Waals surface area contributed by atoms with Crippen LogP contribution in [0.25, 0.3) is 0 Å². The lowest BCUT2D eigenvalue weighted by molar-refractivity contribution is 0.0963. The zero-order chi connectivity index (χ0) is 9.26. The zero-order valence-electron chi connectivity index (χ0n) is 6.84. The molecule has 2 rings (SSSR count). The van der Waals surface area contributed by atoms with E-state index in [2.05, 4.69) is 0 Å². The van der Waals surface area contributed by atoms with Gasteiger partial charge in [-0.2, -0.15) is 0 Å². The minimum absolute atomic E-state index is 0.164. The fourth-order valence-electron chi connectivity index (χ4n) is 1.22. The van der Waals surface area contributed by atoms with Crippen LogP contribution in [0.1, 0.15) is 0 Å². The van der Waals surface area contributed by atoms with Crippen molar-refractivity contribution in [2.45, 2.75) is 6.10 Å². The summed E-state index contributed by atoms with van der Waals surface area (Å²) in [6, 6.07) is 3.36. The SMILES string of the molecule is O=C1O[C@@H](CO)CN1c1ccco1. The van der Waals surface area contributed by atoms with E-state index >= 15 is 0 Å². The van der Waals surface area contributed by atoms with Gasteiger partial charge in [-0.15, -0.1) is 0 Å². The van der Waals surface area contributed by atoms with E-state index in [0.29, 0.717) is 12.4 Å². The Hall–Kier alpha value is -1.49. The molecule has 1 amide bonds. The summed E-state index contributed by atoms with van der Waals surface area (Å²) < 4.78 is 9.85. The van der Waals surface area contributed by atoms with E-state index in [4.69, 9.17) is 14.3 Å². The van der Waals surface area contributed by atoms with E-state index in [1.807, 2.05) is 0 Å². The molecule has 5 nitrogen and oxygen atoms in total. The minimum atomic E-state index is -0.478. The molecule has 2 heterocycles. The number of nitrogens with zero attached hydrogens (tertiary/aromatic N) is 1. The molecule has 0 unspecified atom stereocenters. The highest BCUT2D eigenvalue weighted by Crippen LogP contribution is 2.21. The van der Waals surface area contributed by atoms with Crippen molar-refractivity contribution in [3.63, 3.8) is 0 Å². The second-order valence-corrected chi connectivity index (χ2v) is 2.75. The molecule has 5 heteroatoms. The van der Waals surface area contributed by atoms with Gasteiger partial charge in [-0.05, 0) is 6.07 Å². The number of ether oxygens (including phenoxy) is 1. The van der Waals surface area contributed by atoms with Crippen LogP contribution in [0, 0.1) is 0 Å². The maximum atomic E-state index is 11.2. The maximum Gasteiger partial charge on any atom is 0.417 e. The number of carbonyl (C=O) groups excluding carboxylic acids is 1. The number of rotatable bonds is 2. The summed E-state index contributed by atoms with van der Waals surface area (Å²) in [5.74, 6) is 0.445. The topological polar surface area (TPSA) is 62.9 Å². The molecular weight excluding hydrogens is 174 g/mol. The highest BCUT2D eigenvalue weighted by molar-refractivity contribution is 5.87. The van der Waals surface area contributed by atoms with Crippen molar-refractivity contribution in [2.75, 3.05) is 18.1 Å². The molecule has 1 fully saturated rings. The lowest BCUT2D eigenvalue weighted by Gasteiger charge is -2.07. The molecule has 13 heavy (non-hydrogen) atoms. The van der Waals surface area contributed by atoms with Gasteiger partial charge in [-0.3, -0.25) is 0 Å². The van der Waals surface area contributed by atoms with Gasteiger partial charge >= 0.3 is 6.09 Å². The van der Waals surface area contributed by atoms with Crippen LogP contribution in [-0.4, -0.2) is 30.5 Å². The Bertz CT molecular complexity index is 295. The standard InChI is InChI=1S/C8H9NO4/c10-5-6-4-9(8(11)13-6)7-2-1-3-12-7/h1-3,6,10H,4-5H2/t6-/m1/s1. The molecule has 1 N–H and O–H groups in total. The lowest BCUT2D eigenvalue weighted by Crippen LogP contribution is -2.24. The first-order chi connectivity index (χ1) is 6.31. The Labute approximate surface area is 74.5 Å². The zero-order valence-corrected chi connectivity index (χ0v) is 6.84. The molecule has 1 aliphatic heterocycles. The fourth-order valence-corrected chi connectivity index (χ4v) is 1.22. The molecule has 0 aliphatic carbocycles. The Morgan fingerprint density at radius 1 is 1.69 bits per heavy atom. The molecule has 0 bridgehead atoms. The van der Waals surface area contributed by atoms with E-state index in [9.17, 15) is 4.79 Å². The summed E-state index contributed by atoms with van der Waals surface area (Å²) in [7, 11) is 0. The number of anilines is 1. The summed E-state index contributed by atoms with van der Waals surface area (Å²) in [5.41, 5.74) is 0. The predicted molar refractivity (Wildman–Crippen MR) is 43.4 cm³/mol. The molecule has 1 atom stereocenters. The smallest absolute Gasteiger partial charge is 0.417 e. The van der Waals surface area contributed by atoms with Crippen molar-refractivity contribution in [1.29, 1.82) is 0 Å². The Morgan fingerprint density at radius 2 is 2.54 bits per heavy atom. The normalized spacial score (nSPS) is 22.1. The van der Waals surface area contributed by atoms with E-state index in [1.165, 1.54) is 11.2 Å². The molecule has 1 aliphatic rings. The van der Waals surface area contributed by atoms with Gasteiger partial charge in [0, 0.05) is 6.07 Å². The van der Waals surface area contributed by atoms with E-state index in [0.717, 1.165) is 0 Å². The van der Waals surface area contributed by atoms with Gasteiger partial charge < -0.3 is 14.3 Å². The Morgan fingerprint density at radius 3 is 3.08 bits per heavy atom. The summed E-state index contributed by atoms with van der Waals surface area (Å²) in [5, 5.41) is 8.76. The summed E-state index contributed by atoms with van der Waals surface area (Å²) >= 11 is 0. The van der Waals surface area contributed by atoms with Crippen LogP contribution < -0.4 is 4.90 Å². The quantitative estimate of drug-likeness (QED) is 0.729. The molecule has 1 aromatic heterocycles. The van der Waals surface area contributed by atoms with E-state index in [1.54, 1.807) is 12.1 Å². The van der Waals surface area contributed by atoms with Crippen molar-refractivity contribution in [3.05, 3.63) is 18.4 Å². The fraction of sp³-hybridized carbons (Fsp3) is 0.375. The number of amides is 1. The van der Waals surface area contributed by atoms with E-state index in [-0.39, 0.29) is 6.61 Å². The van der Waals surface area contributed by atoms with Crippen LogP contribution in [0.4, 0.5) is 10.7 Å². The number of hydrogen-bond acceptors (Lipinski definition) is 4. The van der Waals surface area contributed by atoms with Gasteiger partial charge in [-0.25, -0.2) is 9.69 Å². The monoisotopic (exact) mass is 183 g/mol. The largest absolute Gasteiger partial charge is 0.448 e. The first kappa shape index (κ1) is 8.12. The predicted octanol–water partition coefficient (Wildman–Crippen LogP) is 0.597. The molecule has 70 valence electrons. The van der Waals surface area contributed by atoms with Gasteiger partial charge in [-0.1, -0.05) is 0 Å². The highest BCUT2D eigenvalue weighted by Gasteiger charge is 2.33. The Balaban J connectivity index is 2.14. The molecule has 0 spiro atoms. The summed E-state index contributed by atoms with van der Waals surface area (Å²) in [4.78, 5) is 12.5. The number of aliphatic hydroxyl groups is 1. The molecule has 1 saturated heterocycles. The van der Waals surface area contributed by atoms with Crippen molar-refractivity contribution in [3.8, 4) is 0 Å². The van der Waals surface area contributed by atoms with Gasteiger partial charge in [0.05, 0.1) is 19.4 Å². The van der Waals surface area contributed by atoms with Crippen molar-refractivity contribution in [1.82, 2.24) is 0 Å². The molecule has 0 aromatic carbocycles. The van der Waals surface area contributed by atoms with Crippen molar-refractivity contribution < 1.29 is 19.1 Å². The second-order valence-electron chi connectivity index (χ2n) is 2.75. The van der Waals surface area contributed by atoms with Crippen LogP contribution in [0.5, 0.6) is 0 Å². The van der Waals surface area contributed by atoms with Crippen LogP contribution >= 0.6 is 0 Å². The van der Waals surface area contributed by atoms with Gasteiger partial charge in [0.25, 0.3) is 0 Å². The molecule has 0 saturated carbocycles. The van der Waals surface area contributed by atoms with Crippen LogP contribution in [0.3, 0.4) is 0 Å². The molecule has 0 radical (unpaired) electrons. The van der Waals surface area contributed by atoms with Gasteiger partial charge in [0.15, 0.2) is 0 Å². The van der Waals surface area contributed by atoms with Crippen molar-refractivity contribution >= 4 is 12.0 Å². The van der Waals surface area contributed by atoms with Gasteiger partial charge in [0.2, 0.25) is 5.88 Å². The lowest BCUT2D eigenvalue weighted by atomic mass is 10.4. The average molecular weight is 183 g/mol. The summed E-state index contributed by atoms with van der Waals surface area (Å²) in [6.07, 6.45) is 0.557. The number of hydrogen-bond donors (Lipinski definition) is 1. The van der Waals surface area contributed by atoms with Crippen molar-refractivity contribution in [2.24, 2.45) is 0 Å². The molecule has 1 aromatic rings. The second kappa shape index (κ2) is 3.10. The third-order valence-corrected chi connectivity index (χ3v) is 1.85. The van der Waals surface area contributed by atoms with Crippen LogP contribution in [-0.2, 0) is 4.74 Å². The molecular formula is C8H9NO4. The summed E-state index contributed by atoms with van der Waals surface area (Å²) in [6.45, 7) is 0.172. The maximum absolute atomic E-state index is 11.2.